The number of nitrogens with zero attached hydrogens (tertiary/aromatic N) is 2. The van der Waals surface area contributed by atoms with Crippen LogP contribution in [-0.2, 0) is 6.61 Å². The van der Waals surface area contributed by atoms with Gasteiger partial charge in [0.15, 0.2) is 5.01 Å². The number of nitrogens with one attached hydrogen (secondary N) is 1. The van der Waals surface area contributed by atoms with Crippen molar-refractivity contribution in [3.63, 3.8) is 0 Å². The van der Waals surface area contributed by atoms with Crippen molar-refractivity contribution in [1.82, 2.24) is 10.2 Å². The Morgan fingerprint density at radius 1 is 1.24 bits per heavy atom. The molecule has 0 unspecified atom stereocenters. The van der Waals surface area contributed by atoms with Gasteiger partial charge in [0, 0.05) is 7.05 Å². The highest BCUT2D eigenvalue weighted by atomic mass is 32.1. The second-order valence-corrected chi connectivity index (χ2v) is 4.85. The van der Waals surface area contributed by atoms with Gasteiger partial charge in [0.05, 0.1) is 0 Å². The highest BCUT2D eigenvalue weighted by Gasteiger charge is 2.03. The first-order chi connectivity index (χ1) is 8.19. The molecule has 0 spiro atoms. The molecule has 0 aliphatic rings. The van der Waals surface area contributed by atoms with Gasteiger partial charge < -0.3 is 10.1 Å². The maximum absolute atomic E-state index is 5.67. The summed E-state index contributed by atoms with van der Waals surface area (Å²) in [6.45, 7) is 4.62. The molecule has 0 saturated carbocycles. The Morgan fingerprint density at radius 3 is 2.71 bits per heavy atom. The highest BCUT2D eigenvalue weighted by molar-refractivity contribution is 7.15. The molecule has 1 aromatic carbocycles. The fourth-order valence-electron chi connectivity index (χ4n) is 1.36. The Labute approximate surface area is 105 Å². The van der Waals surface area contributed by atoms with Gasteiger partial charge in [-0.2, -0.15) is 0 Å². The first kappa shape index (κ1) is 11.9. The van der Waals surface area contributed by atoms with E-state index in [9.17, 15) is 0 Å². The normalized spacial score (nSPS) is 10.3. The molecule has 17 heavy (non-hydrogen) atoms. The summed E-state index contributed by atoms with van der Waals surface area (Å²) in [5, 5.41) is 12.6. The van der Waals surface area contributed by atoms with Gasteiger partial charge in [0.2, 0.25) is 5.13 Å². The van der Waals surface area contributed by atoms with Crippen LogP contribution in [0.15, 0.2) is 18.2 Å². The number of anilines is 1. The van der Waals surface area contributed by atoms with Crippen LogP contribution in [0.25, 0.3) is 0 Å². The van der Waals surface area contributed by atoms with Gasteiger partial charge in [-0.25, -0.2) is 0 Å². The van der Waals surface area contributed by atoms with Crippen molar-refractivity contribution in [2.24, 2.45) is 0 Å². The van der Waals surface area contributed by atoms with E-state index in [0.29, 0.717) is 6.61 Å². The number of hydrogen-bond acceptors (Lipinski definition) is 5. The van der Waals surface area contributed by atoms with E-state index < -0.39 is 0 Å². The van der Waals surface area contributed by atoms with E-state index in [0.717, 1.165) is 15.9 Å². The predicted molar refractivity (Wildman–Crippen MR) is 69.7 cm³/mol. The van der Waals surface area contributed by atoms with Crippen LogP contribution in [-0.4, -0.2) is 17.2 Å². The molecule has 0 aliphatic carbocycles. The van der Waals surface area contributed by atoms with Gasteiger partial charge >= 0.3 is 0 Å². The Hall–Kier alpha value is -1.62. The molecule has 4 nitrogen and oxygen atoms in total. The zero-order valence-corrected chi connectivity index (χ0v) is 11.0. The van der Waals surface area contributed by atoms with Crippen molar-refractivity contribution < 1.29 is 4.74 Å². The fourth-order valence-corrected chi connectivity index (χ4v) is 1.97. The van der Waals surface area contributed by atoms with Gasteiger partial charge in [0.1, 0.15) is 12.4 Å². The van der Waals surface area contributed by atoms with Crippen molar-refractivity contribution >= 4 is 16.5 Å². The highest BCUT2D eigenvalue weighted by Crippen LogP contribution is 2.20. The molecule has 90 valence electrons. The lowest BCUT2D eigenvalue weighted by molar-refractivity contribution is 0.304. The van der Waals surface area contributed by atoms with Crippen LogP contribution in [0.1, 0.15) is 16.1 Å². The first-order valence-corrected chi connectivity index (χ1v) is 6.21. The van der Waals surface area contributed by atoms with Gasteiger partial charge in [-0.1, -0.05) is 17.4 Å². The van der Waals surface area contributed by atoms with Crippen LogP contribution in [0.2, 0.25) is 0 Å². The van der Waals surface area contributed by atoms with Crippen LogP contribution >= 0.6 is 11.3 Å². The lowest BCUT2D eigenvalue weighted by atomic mass is 10.1. The summed E-state index contributed by atoms with van der Waals surface area (Å²) in [4.78, 5) is 0. The summed E-state index contributed by atoms with van der Waals surface area (Å²) in [6.07, 6.45) is 0. The average Bonchev–Trinajstić information content (AvgIpc) is 2.79. The summed E-state index contributed by atoms with van der Waals surface area (Å²) in [7, 11) is 1.83. The number of aryl methyl sites for hydroxylation is 2. The van der Waals surface area contributed by atoms with Crippen LogP contribution in [0, 0.1) is 13.8 Å². The maximum atomic E-state index is 5.67. The smallest absolute Gasteiger partial charge is 0.205 e. The third-order valence-electron chi connectivity index (χ3n) is 2.52. The largest absolute Gasteiger partial charge is 0.486 e. The van der Waals surface area contributed by atoms with E-state index in [1.165, 1.54) is 22.5 Å². The molecule has 2 rings (SSSR count). The van der Waals surface area contributed by atoms with Gasteiger partial charge in [-0.3, -0.25) is 0 Å². The third kappa shape index (κ3) is 2.94. The first-order valence-electron chi connectivity index (χ1n) is 5.39. The summed E-state index contributed by atoms with van der Waals surface area (Å²) in [6, 6.07) is 6.07. The standard InChI is InChI=1S/C12H15N3OS/c1-8-4-5-10(6-9(8)2)16-7-11-14-15-12(13-3)17-11/h4-6H,7H2,1-3H3,(H,13,15). The molecule has 0 amide bonds. The monoisotopic (exact) mass is 249 g/mol. The number of benzene rings is 1. The topological polar surface area (TPSA) is 47.0 Å². The van der Waals surface area contributed by atoms with Crippen LogP contribution in [0.3, 0.4) is 0 Å². The van der Waals surface area contributed by atoms with Crippen molar-refractivity contribution in [3.8, 4) is 5.75 Å². The molecule has 0 fully saturated rings. The summed E-state index contributed by atoms with van der Waals surface area (Å²) < 4.78 is 5.67. The lowest BCUT2D eigenvalue weighted by Gasteiger charge is -2.06. The SMILES string of the molecule is CNc1nnc(COc2ccc(C)c(C)c2)s1. The molecule has 0 aliphatic heterocycles. The summed E-state index contributed by atoms with van der Waals surface area (Å²) in [5.74, 6) is 0.870. The van der Waals surface area contributed by atoms with Crippen molar-refractivity contribution in [2.45, 2.75) is 20.5 Å². The molecule has 1 N–H and O–H groups in total. The van der Waals surface area contributed by atoms with E-state index in [1.807, 2.05) is 19.2 Å². The molecule has 0 atom stereocenters. The zero-order valence-electron chi connectivity index (χ0n) is 10.2. The third-order valence-corrected chi connectivity index (χ3v) is 3.44. The minimum absolute atomic E-state index is 0.460. The number of ether oxygens (including phenoxy) is 1. The van der Waals surface area contributed by atoms with Gasteiger partial charge in [-0.15, -0.1) is 10.2 Å². The second-order valence-electron chi connectivity index (χ2n) is 3.79. The Balaban J connectivity index is 1.99. The Morgan fingerprint density at radius 2 is 2.06 bits per heavy atom. The minimum Gasteiger partial charge on any atom is -0.486 e. The zero-order chi connectivity index (χ0) is 12.3. The van der Waals surface area contributed by atoms with Gasteiger partial charge in [-0.05, 0) is 37.1 Å². The average molecular weight is 249 g/mol. The minimum atomic E-state index is 0.460. The van der Waals surface area contributed by atoms with Crippen molar-refractivity contribution in [3.05, 3.63) is 34.3 Å². The number of rotatable bonds is 4. The molecule has 2 aromatic rings. The lowest BCUT2D eigenvalue weighted by Crippen LogP contribution is -1.95. The molecule has 0 radical (unpaired) electrons. The Kier molecular flexibility index (Phi) is 3.58. The number of hydrogen-bond donors (Lipinski definition) is 1. The van der Waals surface area contributed by atoms with Gasteiger partial charge in [0.25, 0.3) is 0 Å². The number of aromatic nitrogens is 2. The predicted octanol–water partition coefficient (Wildman–Crippen LogP) is 2.78. The molecule has 0 saturated heterocycles. The van der Waals surface area contributed by atoms with E-state index in [4.69, 9.17) is 4.74 Å². The fraction of sp³-hybridized carbons (Fsp3) is 0.333. The quantitative estimate of drug-likeness (QED) is 0.905. The molecule has 5 heteroatoms. The van der Waals surface area contributed by atoms with E-state index in [1.54, 1.807) is 0 Å². The van der Waals surface area contributed by atoms with E-state index in [-0.39, 0.29) is 0 Å². The molecule has 1 aromatic heterocycles. The molecule has 0 bridgehead atoms. The molecule has 1 heterocycles. The van der Waals surface area contributed by atoms with Crippen LogP contribution in [0.5, 0.6) is 5.75 Å². The Bertz CT molecular complexity index is 510. The molecular weight excluding hydrogens is 234 g/mol. The van der Waals surface area contributed by atoms with Crippen molar-refractivity contribution in [2.75, 3.05) is 12.4 Å². The van der Waals surface area contributed by atoms with Crippen LogP contribution < -0.4 is 10.1 Å². The maximum Gasteiger partial charge on any atom is 0.205 e. The van der Waals surface area contributed by atoms with Crippen molar-refractivity contribution in [1.29, 1.82) is 0 Å². The summed E-state index contributed by atoms with van der Waals surface area (Å²) in [5.41, 5.74) is 2.50. The van der Waals surface area contributed by atoms with Crippen LogP contribution in [0.4, 0.5) is 5.13 Å². The molecular formula is C12H15N3OS. The van der Waals surface area contributed by atoms with E-state index in [2.05, 4.69) is 35.4 Å². The summed E-state index contributed by atoms with van der Waals surface area (Å²) >= 11 is 1.50. The van der Waals surface area contributed by atoms with E-state index >= 15 is 0 Å². The second kappa shape index (κ2) is 5.14.